The molecular weight excluding hydrogens is 440 g/mol. The summed E-state index contributed by atoms with van der Waals surface area (Å²) in [6.07, 6.45) is 0. The molecule has 0 unspecified atom stereocenters. The second kappa shape index (κ2) is 8.61. The van der Waals surface area contributed by atoms with Crippen molar-refractivity contribution in [3.05, 3.63) is 99.5 Å². The molecule has 0 radical (unpaired) electrons. The lowest BCUT2D eigenvalue weighted by atomic mass is 10.1. The van der Waals surface area contributed by atoms with Gasteiger partial charge in [0, 0.05) is 5.39 Å². The quantitative estimate of drug-likeness (QED) is 0.443. The topological polar surface area (TPSA) is 110 Å². The van der Waals surface area contributed by atoms with Gasteiger partial charge in [-0.05, 0) is 62.2 Å². The summed E-state index contributed by atoms with van der Waals surface area (Å²) in [7, 11) is -3.99. The number of hydrogen-bond donors (Lipinski definition) is 2. The average Bonchev–Trinajstić information content (AvgIpc) is 2.80. The number of rotatable bonds is 5. The van der Waals surface area contributed by atoms with E-state index in [4.69, 9.17) is 0 Å². The monoisotopic (exact) mass is 462 g/mol. The Morgan fingerprint density at radius 2 is 1.55 bits per heavy atom. The molecule has 1 heterocycles. The molecule has 0 aliphatic heterocycles. The number of carbonyl (C=O) groups excluding carboxylic acids is 1. The summed E-state index contributed by atoms with van der Waals surface area (Å²) in [4.78, 5) is 28.2. The SMILES string of the molecule is Cc1ccc(S(=O)(=O)NNC(=O)c2nn(-c3ccc(C)c(C)c3)c(=O)c3ccccc23)cc1. The van der Waals surface area contributed by atoms with Crippen molar-refractivity contribution in [3.63, 3.8) is 0 Å². The molecule has 4 aromatic rings. The number of benzene rings is 3. The molecule has 33 heavy (non-hydrogen) atoms. The Morgan fingerprint density at radius 3 is 2.21 bits per heavy atom. The van der Waals surface area contributed by atoms with Gasteiger partial charge in [-0.1, -0.05) is 42.0 Å². The van der Waals surface area contributed by atoms with E-state index in [1.165, 1.54) is 12.1 Å². The molecule has 1 amide bonds. The van der Waals surface area contributed by atoms with E-state index >= 15 is 0 Å². The van der Waals surface area contributed by atoms with Crippen LogP contribution in [0.15, 0.2) is 76.4 Å². The Hall–Kier alpha value is -3.82. The normalized spacial score (nSPS) is 11.5. The predicted octanol–water partition coefficient (Wildman–Crippen LogP) is 2.93. The highest BCUT2D eigenvalue weighted by atomic mass is 32.2. The van der Waals surface area contributed by atoms with E-state index in [0.29, 0.717) is 11.1 Å². The van der Waals surface area contributed by atoms with Gasteiger partial charge in [0.15, 0.2) is 5.69 Å². The molecule has 0 aliphatic rings. The first kappa shape index (κ1) is 22.4. The summed E-state index contributed by atoms with van der Waals surface area (Å²) >= 11 is 0. The van der Waals surface area contributed by atoms with E-state index in [1.807, 2.05) is 26.8 Å². The zero-order valence-corrected chi connectivity index (χ0v) is 19.1. The van der Waals surface area contributed by atoms with Crippen LogP contribution in [-0.4, -0.2) is 24.1 Å². The van der Waals surface area contributed by atoms with Crippen LogP contribution in [-0.2, 0) is 10.0 Å². The van der Waals surface area contributed by atoms with Gasteiger partial charge >= 0.3 is 0 Å². The summed E-state index contributed by atoms with van der Waals surface area (Å²) in [6.45, 7) is 5.71. The molecule has 9 heteroatoms. The van der Waals surface area contributed by atoms with E-state index in [9.17, 15) is 18.0 Å². The zero-order valence-electron chi connectivity index (χ0n) is 18.3. The van der Waals surface area contributed by atoms with Crippen LogP contribution >= 0.6 is 0 Å². The van der Waals surface area contributed by atoms with Crippen molar-refractivity contribution in [3.8, 4) is 5.69 Å². The van der Waals surface area contributed by atoms with Crippen LogP contribution in [0, 0.1) is 20.8 Å². The minimum absolute atomic E-state index is 0.00585. The first-order valence-corrected chi connectivity index (χ1v) is 11.6. The highest BCUT2D eigenvalue weighted by molar-refractivity contribution is 7.89. The molecule has 3 aromatic carbocycles. The highest BCUT2D eigenvalue weighted by Gasteiger charge is 2.20. The van der Waals surface area contributed by atoms with E-state index in [1.54, 1.807) is 48.5 Å². The Kier molecular flexibility index (Phi) is 5.84. The van der Waals surface area contributed by atoms with Gasteiger partial charge in [-0.25, -0.2) is 8.42 Å². The predicted molar refractivity (Wildman–Crippen MR) is 126 cm³/mol. The molecule has 0 spiro atoms. The molecule has 8 nitrogen and oxygen atoms in total. The van der Waals surface area contributed by atoms with Gasteiger partial charge in [0.05, 0.1) is 16.0 Å². The van der Waals surface area contributed by atoms with Crippen LogP contribution in [0.1, 0.15) is 27.2 Å². The minimum Gasteiger partial charge on any atom is -0.272 e. The van der Waals surface area contributed by atoms with E-state index in [2.05, 4.69) is 15.4 Å². The van der Waals surface area contributed by atoms with Crippen molar-refractivity contribution < 1.29 is 13.2 Å². The minimum atomic E-state index is -3.99. The number of aryl methyl sites for hydroxylation is 3. The van der Waals surface area contributed by atoms with Crippen molar-refractivity contribution in [2.45, 2.75) is 25.7 Å². The number of fused-ring (bicyclic) bond motifs is 1. The van der Waals surface area contributed by atoms with Crippen LogP contribution in [0.3, 0.4) is 0 Å². The number of sulfonamides is 1. The third-order valence-corrected chi connectivity index (χ3v) is 6.65. The maximum atomic E-state index is 13.1. The first-order chi connectivity index (χ1) is 15.7. The van der Waals surface area contributed by atoms with E-state index in [-0.39, 0.29) is 21.5 Å². The number of hydrazine groups is 1. The van der Waals surface area contributed by atoms with Gasteiger partial charge in [0.1, 0.15) is 0 Å². The molecular formula is C24H22N4O4S. The molecule has 0 saturated carbocycles. The number of aromatic nitrogens is 2. The highest BCUT2D eigenvalue weighted by Crippen LogP contribution is 2.17. The average molecular weight is 463 g/mol. The Labute approximate surface area is 190 Å². The number of nitrogens with zero attached hydrogens (tertiary/aromatic N) is 2. The summed E-state index contributed by atoms with van der Waals surface area (Å²) in [6, 6.07) is 18.2. The summed E-state index contributed by atoms with van der Waals surface area (Å²) < 4.78 is 26.3. The van der Waals surface area contributed by atoms with Crippen LogP contribution in [0.25, 0.3) is 16.5 Å². The largest absolute Gasteiger partial charge is 0.287 e. The fraction of sp³-hybridized carbons (Fsp3) is 0.125. The number of nitrogens with one attached hydrogen (secondary N) is 2. The molecule has 0 bridgehead atoms. The van der Waals surface area contributed by atoms with Gasteiger partial charge in [0.25, 0.3) is 21.5 Å². The Balaban J connectivity index is 1.74. The lowest BCUT2D eigenvalue weighted by Crippen LogP contribution is -2.42. The van der Waals surface area contributed by atoms with Crippen LogP contribution in [0.5, 0.6) is 0 Å². The van der Waals surface area contributed by atoms with Gasteiger partial charge < -0.3 is 0 Å². The number of amides is 1. The lowest BCUT2D eigenvalue weighted by Gasteiger charge is -2.13. The van der Waals surface area contributed by atoms with E-state index in [0.717, 1.165) is 21.4 Å². The van der Waals surface area contributed by atoms with Gasteiger partial charge in [-0.3, -0.25) is 15.0 Å². The molecule has 4 rings (SSSR count). The molecule has 0 aliphatic carbocycles. The van der Waals surface area contributed by atoms with Crippen LogP contribution in [0.4, 0.5) is 0 Å². The fourth-order valence-electron chi connectivity index (χ4n) is 3.34. The van der Waals surface area contributed by atoms with Gasteiger partial charge in [0.2, 0.25) is 0 Å². The second-order valence-electron chi connectivity index (χ2n) is 7.75. The number of hydrogen-bond acceptors (Lipinski definition) is 5. The fourth-order valence-corrected chi connectivity index (χ4v) is 4.18. The molecule has 0 saturated heterocycles. The zero-order chi connectivity index (χ0) is 23.8. The summed E-state index contributed by atoms with van der Waals surface area (Å²) in [5.41, 5.74) is 5.16. The van der Waals surface area contributed by atoms with Crippen molar-refractivity contribution in [1.82, 2.24) is 20.0 Å². The Morgan fingerprint density at radius 1 is 0.879 bits per heavy atom. The lowest BCUT2D eigenvalue weighted by molar-refractivity contribution is 0.0940. The van der Waals surface area contributed by atoms with Gasteiger partial charge in [-0.2, -0.15) is 9.78 Å². The van der Waals surface area contributed by atoms with Crippen LogP contribution < -0.4 is 15.8 Å². The first-order valence-electron chi connectivity index (χ1n) is 10.2. The molecule has 0 fully saturated rings. The molecule has 2 N–H and O–H groups in total. The van der Waals surface area contributed by atoms with Gasteiger partial charge in [-0.15, -0.1) is 4.83 Å². The molecule has 0 atom stereocenters. The van der Waals surface area contributed by atoms with Crippen LogP contribution in [0.2, 0.25) is 0 Å². The smallest absolute Gasteiger partial charge is 0.272 e. The van der Waals surface area contributed by atoms with Crippen molar-refractivity contribution in [1.29, 1.82) is 0 Å². The Bertz CT molecular complexity index is 1540. The standard InChI is InChI=1S/C24H22N4O4S/c1-15-8-12-19(13-9-15)33(31,32)27-25-23(29)22-20-6-4-5-7-21(20)24(30)28(26-22)18-11-10-16(2)17(3)14-18/h4-14,27H,1-3H3,(H,25,29). The van der Waals surface area contributed by atoms with Crippen molar-refractivity contribution in [2.75, 3.05) is 0 Å². The maximum absolute atomic E-state index is 13.1. The molecule has 1 aromatic heterocycles. The summed E-state index contributed by atoms with van der Waals surface area (Å²) in [5.74, 6) is -0.792. The second-order valence-corrected chi connectivity index (χ2v) is 9.43. The molecule has 168 valence electrons. The van der Waals surface area contributed by atoms with Crippen molar-refractivity contribution in [2.24, 2.45) is 0 Å². The summed E-state index contributed by atoms with van der Waals surface area (Å²) in [5, 5.41) is 4.89. The van der Waals surface area contributed by atoms with E-state index < -0.39 is 15.9 Å². The maximum Gasteiger partial charge on any atom is 0.287 e. The van der Waals surface area contributed by atoms with Crippen molar-refractivity contribution >= 4 is 26.7 Å². The third-order valence-electron chi connectivity index (χ3n) is 5.39. The number of carbonyl (C=O) groups is 1. The third kappa shape index (κ3) is 4.41.